The molecule has 0 bridgehead atoms. The lowest BCUT2D eigenvalue weighted by Gasteiger charge is -2.15. The van der Waals surface area contributed by atoms with E-state index in [4.69, 9.17) is 15.9 Å². The number of hydrogen-bond acceptors (Lipinski definition) is 4. The predicted octanol–water partition coefficient (Wildman–Crippen LogP) is 2.39. The van der Waals surface area contributed by atoms with Gasteiger partial charge in [-0.25, -0.2) is 0 Å². The second kappa shape index (κ2) is 4.87. The number of rotatable bonds is 6. The molecule has 0 atom stereocenters. The van der Waals surface area contributed by atoms with Gasteiger partial charge in [0, 0.05) is 23.5 Å². The minimum absolute atomic E-state index is 0.00150. The van der Waals surface area contributed by atoms with Crippen LogP contribution in [0.3, 0.4) is 0 Å². The number of nitro groups is 1. The molecule has 0 saturated heterocycles. The Bertz CT molecular complexity index is 524. The molecule has 2 rings (SSSR count). The molecule has 6 heteroatoms. The minimum atomic E-state index is -0.406. The summed E-state index contributed by atoms with van der Waals surface area (Å²) in [6.45, 7) is 2.19. The fourth-order valence-electron chi connectivity index (χ4n) is 2.11. The van der Waals surface area contributed by atoms with Crippen LogP contribution >= 0.6 is 0 Å². The average molecular weight is 263 g/mol. The van der Waals surface area contributed by atoms with Crippen LogP contribution in [0.15, 0.2) is 18.2 Å². The van der Waals surface area contributed by atoms with Crippen molar-refractivity contribution < 1.29 is 9.66 Å². The first-order valence-electron chi connectivity index (χ1n) is 6.13. The summed E-state index contributed by atoms with van der Waals surface area (Å²) < 4.78 is 5.67. The molecule has 1 aromatic carbocycles. The van der Waals surface area contributed by atoms with Crippen molar-refractivity contribution in [3.63, 3.8) is 0 Å². The number of nitrogens with one attached hydrogen (secondary N) is 1. The highest BCUT2D eigenvalue weighted by molar-refractivity contribution is 5.78. The van der Waals surface area contributed by atoms with Crippen LogP contribution in [-0.4, -0.2) is 17.4 Å². The maximum absolute atomic E-state index is 10.7. The van der Waals surface area contributed by atoms with Crippen LogP contribution in [0.2, 0.25) is 0 Å². The van der Waals surface area contributed by atoms with Crippen molar-refractivity contribution in [1.29, 1.82) is 5.41 Å². The lowest BCUT2D eigenvalue weighted by atomic mass is 10.0. The van der Waals surface area contributed by atoms with E-state index in [0.29, 0.717) is 24.3 Å². The zero-order valence-corrected chi connectivity index (χ0v) is 10.8. The molecule has 3 N–H and O–H groups in total. The molecular weight excluding hydrogens is 246 g/mol. The van der Waals surface area contributed by atoms with Gasteiger partial charge in [-0.3, -0.25) is 15.5 Å². The molecule has 0 radical (unpaired) electrons. The third-order valence-corrected chi connectivity index (χ3v) is 3.43. The second-order valence-electron chi connectivity index (χ2n) is 5.20. The number of ether oxygens (including phenoxy) is 1. The third kappa shape index (κ3) is 3.21. The van der Waals surface area contributed by atoms with E-state index < -0.39 is 4.92 Å². The first kappa shape index (κ1) is 13.3. The van der Waals surface area contributed by atoms with Crippen molar-refractivity contribution in [2.75, 3.05) is 6.61 Å². The highest BCUT2D eigenvalue weighted by Crippen LogP contribution is 2.48. The lowest BCUT2D eigenvalue weighted by molar-refractivity contribution is -0.385. The molecule has 1 fully saturated rings. The third-order valence-electron chi connectivity index (χ3n) is 3.43. The van der Waals surface area contributed by atoms with Gasteiger partial charge < -0.3 is 10.5 Å². The Morgan fingerprint density at radius 1 is 1.58 bits per heavy atom. The zero-order valence-electron chi connectivity index (χ0n) is 10.8. The molecule has 1 aliphatic carbocycles. The molecule has 1 saturated carbocycles. The highest BCUT2D eigenvalue weighted by atomic mass is 16.6. The molecule has 0 aliphatic heterocycles. The average Bonchev–Trinajstić information content (AvgIpc) is 3.05. The largest absolute Gasteiger partial charge is 0.493 e. The number of amidine groups is 1. The molecule has 0 aromatic heterocycles. The first-order chi connectivity index (χ1) is 8.92. The van der Waals surface area contributed by atoms with E-state index in [2.05, 4.69) is 0 Å². The number of aryl methyl sites for hydroxylation is 1. The summed E-state index contributed by atoms with van der Waals surface area (Å²) in [6, 6.07) is 4.73. The fourth-order valence-corrected chi connectivity index (χ4v) is 2.11. The summed E-state index contributed by atoms with van der Waals surface area (Å²) in [7, 11) is 0. The van der Waals surface area contributed by atoms with Gasteiger partial charge in [0.2, 0.25) is 0 Å². The summed E-state index contributed by atoms with van der Waals surface area (Å²) in [4.78, 5) is 10.3. The van der Waals surface area contributed by atoms with Crippen molar-refractivity contribution in [2.24, 2.45) is 11.1 Å². The molecule has 102 valence electrons. The number of benzene rings is 1. The van der Waals surface area contributed by atoms with Gasteiger partial charge >= 0.3 is 0 Å². The monoisotopic (exact) mass is 263 g/mol. The predicted molar refractivity (Wildman–Crippen MR) is 71.5 cm³/mol. The summed E-state index contributed by atoms with van der Waals surface area (Å²) in [5, 5.41) is 18.0. The molecular formula is C13H17N3O3. The van der Waals surface area contributed by atoms with Crippen LogP contribution in [0, 0.1) is 27.9 Å². The standard InChI is InChI=1S/C13H17N3O3/c1-9-6-10(2-3-11(9)16(17)18)19-8-13(4-5-13)7-12(14)15/h2-3,6H,4-5,7-8H2,1H3,(H3,14,15). The topological polar surface area (TPSA) is 102 Å². The molecule has 1 aliphatic rings. The SMILES string of the molecule is Cc1cc(OCC2(CC(=N)N)CC2)ccc1[N+](=O)[O-]. The Balaban J connectivity index is 1.99. The number of nitro benzene ring substituents is 1. The van der Waals surface area contributed by atoms with Gasteiger partial charge in [0.15, 0.2) is 0 Å². The van der Waals surface area contributed by atoms with Crippen molar-refractivity contribution in [3.8, 4) is 5.75 Å². The molecule has 0 spiro atoms. The minimum Gasteiger partial charge on any atom is -0.493 e. The molecule has 19 heavy (non-hydrogen) atoms. The van der Waals surface area contributed by atoms with Crippen molar-refractivity contribution >= 4 is 11.5 Å². The van der Waals surface area contributed by atoms with Gasteiger partial charge in [0.1, 0.15) is 5.75 Å². The number of hydrogen-bond donors (Lipinski definition) is 2. The molecule has 0 heterocycles. The first-order valence-corrected chi connectivity index (χ1v) is 6.13. The van der Waals surface area contributed by atoms with Gasteiger partial charge in [-0.05, 0) is 31.9 Å². The van der Waals surface area contributed by atoms with Crippen molar-refractivity contribution in [2.45, 2.75) is 26.2 Å². The van der Waals surface area contributed by atoms with Crippen LogP contribution in [-0.2, 0) is 0 Å². The van der Waals surface area contributed by atoms with Gasteiger partial charge in [-0.15, -0.1) is 0 Å². The molecule has 6 nitrogen and oxygen atoms in total. The van der Waals surface area contributed by atoms with E-state index in [-0.39, 0.29) is 16.9 Å². The highest BCUT2D eigenvalue weighted by Gasteiger charge is 2.44. The van der Waals surface area contributed by atoms with E-state index in [1.165, 1.54) is 6.07 Å². The summed E-state index contributed by atoms with van der Waals surface area (Å²) >= 11 is 0. The van der Waals surface area contributed by atoms with Gasteiger partial charge in [0.25, 0.3) is 5.69 Å². The Morgan fingerprint density at radius 2 is 2.26 bits per heavy atom. The maximum atomic E-state index is 10.7. The lowest BCUT2D eigenvalue weighted by Crippen LogP contribution is -2.21. The van der Waals surface area contributed by atoms with Gasteiger partial charge in [0.05, 0.1) is 17.4 Å². The number of nitrogens with zero attached hydrogens (tertiary/aromatic N) is 1. The Kier molecular flexibility index (Phi) is 3.42. The summed E-state index contributed by atoms with van der Waals surface area (Å²) in [6.07, 6.45) is 2.58. The Morgan fingerprint density at radius 3 is 2.74 bits per heavy atom. The van der Waals surface area contributed by atoms with Crippen LogP contribution in [0.4, 0.5) is 5.69 Å². The zero-order chi connectivity index (χ0) is 14.0. The van der Waals surface area contributed by atoms with E-state index >= 15 is 0 Å². The molecule has 1 aromatic rings. The quantitative estimate of drug-likeness (QED) is 0.356. The summed E-state index contributed by atoms with van der Waals surface area (Å²) in [5.74, 6) is 0.805. The van der Waals surface area contributed by atoms with Gasteiger partial charge in [-0.1, -0.05) is 0 Å². The normalized spacial score (nSPS) is 15.8. The van der Waals surface area contributed by atoms with E-state index in [1.54, 1.807) is 19.1 Å². The maximum Gasteiger partial charge on any atom is 0.272 e. The molecule has 0 amide bonds. The van der Waals surface area contributed by atoms with E-state index in [9.17, 15) is 10.1 Å². The Hall–Kier alpha value is -2.11. The fraction of sp³-hybridized carbons (Fsp3) is 0.462. The summed E-state index contributed by atoms with van der Waals surface area (Å²) in [5.41, 5.74) is 6.10. The van der Waals surface area contributed by atoms with E-state index in [0.717, 1.165) is 12.8 Å². The van der Waals surface area contributed by atoms with Crippen LogP contribution in [0.1, 0.15) is 24.8 Å². The van der Waals surface area contributed by atoms with Crippen molar-refractivity contribution in [1.82, 2.24) is 0 Å². The smallest absolute Gasteiger partial charge is 0.272 e. The van der Waals surface area contributed by atoms with Crippen LogP contribution in [0.5, 0.6) is 5.75 Å². The Labute approximate surface area is 111 Å². The number of nitrogens with two attached hydrogens (primary N) is 1. The van der Waals surface area contributed by atoms with Gasteiger partial charge in [-0.2, -0.15) is 0 Å². The van der Waals surface area contributed by atoms with Crippen molar-refractivity contribution in [3.05, 3.63) is 33.9 Å². The second-order valence-corrected chi connectivity index (χ2v) is 5.20. The van der Waals surface area contributed by atoms with Crippen LogP contribution in [0.25, 0.3) is 0 Å². The molecule has 0 unspecified atom stereocenters. The van der Waals surface area contributed by atoms with E-state index in [1.807, 2.05) is 0 Å². The van der Waals surface area contributed by atoms with Crippen LogP contribution < -0.4 is 10.5 Å².